The van der Waals surface area contributed by atoms with Crippen molar-refractivity contribution in [1.82, 2.24) is 15.0 Å². The molecule has 0 saturated heterocycles. The first-order chi connectivity index (χ1) is 16.2. The zero-order chi connectivity index (χ0) is 22.4. The number of nitrogens with one attached hydrogen (secondary N) is 2. The topological polar surface area (TPSA) is 56.8 Å². The van der Waals surface area contributed by atoms with Crippen LogP contribution in [-0.4, -0.2) is 21.2 Å². The third kappa shape index (κ3) is 3.55. The highest BCUT2D eigenvalue weighted by molar-refractivity contribution is 7.13. The Balaban J connectivity index is 1.44. The molecule has 2 N–H and O–H groups in total. The molecule has 0 radical (unpaired) electrons. The molecule has 0 unspecified atom stereocenters. The van der Waals surface area contributed by atoms with Gasteiger partial charge in [0.1, 0.15) is 0 Å². The number of nitrogens with zero attached hydrogens (tertiary/aromatic N) is 2. The number of H-pyrrole nitrogens is 2. The molecular weight excluding hydrogens is 448 g/mol. The Morgan fingerprint density at radius 1 is 0.909 bits per heavy atom. The minimum absolute atomic E-state index is 0.703. The second kappa shape index (κ2) is 8.03. The first kappa shape index (κ1) is 20.0. The Kier molecular flexibility index (Phi) is 4.86. The predicted molar refractivity (Wildman–Crippen MR) is 140 cm³/mol. The number of halogens is 1. The number of hydrogen-bond acceptors (Lipinski definition) is 3. The maximum absolute atomic E-state index is 6.29. The molecule has 6 rings (SSSR count). The Morgan fingerprint density at radius 2 is 1.67 bits per heavy atom. The molecular formula is C27H19ClN4S. The summed E-state index contributed by atoms with van der Waals surface area (Å²) in [6, 6.07) is 24.4. The van der Waals surface area contributed by atoms with Crippen LogP contribution >= 0.6 is 22.9 Å². The first-order valence-corrected chi connectivity index (χ1v) is 11.9. The van der Waals surface area contributed by atoms with Crippen LogP contribution in [0.5, 0.6) is 0 Å². The van der Waals surface area contributed by atoms with Gasteiger partial charge in [0.25, 0.3) is 0 Å². The van der Waals surface area contributed by atoms with Crippen molar-refractivity contribution < 1.29 is 0 Å². The molecule has 0 aliphatic rings. The molecule has 3 aromatic carbocycles. The van der Waals surface area contributed by atoms with Crippen LogP contribution in [0.2, 0.25) is 5.02 Å². The van der Waals surface area contributed by atoms with Gasteiger partial charge < -0.3 is 9.97 Å². The van der Waals surface area contributed by atoms with Crippen molar-refractivity contribution in [2.24, 2.45) is 4.99 Å². The van der Waals surface area contributed by atoms with Crippen molar-refractivity contribution >= 4 is 56.1 Å². The second-order valence-electron chi connectivity index (χ2n) is 7.91. The fourth-order valence-corrected chi connectivity index (χ4v) is 5.13. The van der Waals surface area contributed by atoms with E-state index >= 15 is 0 Å². The molecule has 3 aromatic heterocycles. The maximum Gasteiger partial charge on any atom is 0.209 e. The number of thiazole rings is 1. The molecule has 0 saturated carbocycles. The molecule has 3 heterocycles. The standard InChI is InChI=1S/C27H19ClN4S/c1-16-21(19-9-2-4-11-22(19)30-16)14-29-27-32-24(15-33-27)25-20-10-3-5-12-23(20)31-26(25)17-7-6-8-18(28)13-17/h2-15,30-31H,1H3/b29-14+. The van der Waals surface area contributed by atoms with Crippen LogP contribution in [0.15, 0.2) is 83.2 Å². The van der Waals surface area contributed by atoms with Crippen LogP contribution in [0, 0.1) is 6.92 Å². The van der Waals surface area contributed by atoms with Crippen molar-refractivity contribution in [2.75, 3.05) is 0 Å². The van der Waals surface area contributed by atoms with Gasteiger partial charge >= 0.3 is 0 Å². The van der Waals surface area contributed by atoms with Crippen molar-refractivity contribution in [3.05, 3.63) is 94.5 Å². The highest BCUT2D eigenvalue weighted by atomic mass is 35.5. The lowest BCUT2D eigenvalue weighted by molar-refractivity contribution is 1.29. The van der Waals surface area contributed by atoms with Gasteiger partial charge in [-0.15, -0.1) is 11.3 Å². The molecule has 6 heteroatoms. The molecule has 0 fully saturated rings. The summed E-state index contributed by atoms with van der Waals surface area (Å²) in [7, 11) is 0. The van der Waals surface area contributed by atoms with Gasteiger partial charge in [-0.1, -0.05) is 60.1 Å². The third-order valence-corrected chi connectivity index (χ3v) is 6.80. The van der Waals surface area contributed by atoms with Crippen LogP contribution in [0.1, 0.15) is 11.3 Å². The molecule has 4 nitrogen and oxygen atoms in total. The predicted octanol–water partition coefficient (Wildman–Crippen LogP) is 8.15. The van der Waals surface area contributed by atoms with E-state index in [2.05, 4.69) is 52.6 Å². The van der Waals surface area contributed by atoms with Gasteiger partial charge in [-0.2, -0.15) is 0 Å². The van der Waals surface area contributed by atoms with Crippen LogP contribution < -0.4 is 0 Å². The third-order valence-electron chi connectivity index (χ3n) is 5.82. The smallest absolute Gasteiger partial charge is 0.209 e. The van der Waals surface area contributed by atoms with E-state index in [1.807, 2.05) is 48.7 Å². The normalized spacial score (nSPS) is 11.8. The summed E-state index contributed by atoms with van der Waals surface area (Å²) in [5.74, 6) is 0. The Labute approximate surface area is 199 Å². The fraction of sp³-hybridized carbons (Fsp3) is 0.0370. The summed E-state index contributed by atoms with van der Waals surface area (Å²) in [6.45, 7) is 2.07. The second-order valence-corrected chi connectivity index (χ2v) is 9.19. The van der Waals surface area contributed by atoms with Gasteiger partial charge in [0.05, 0.1) is 11.4 Å². The Hall–Kier alpha value is -3.67. The molecule has 0 aliphatic heterocycles. The molecule has 160 valence electrons. The zero-order valence-electron chi connectivity index (χ0n) is 17.8. The van der Waals surface area contributed by atoms with E-state index < -0.39 is 0 Å². The summed E-state index contributed by atoms with van der Waals surface area (Å²) in [4.78, 5) is 16.6. The Morgan fingerprint density at radius 3 is 2.48 bits per heavy atom. The van der Waals surface area contributed by atoms with Crippen molar-refractivity contribution in [3.63, 3.8) is 0 Å². The Bertz CT molecular complexity index is 1650. The molecule has 33 heavy (non-hydrogen) atoms. The van der Waals surface area contributed by atoms with Crippen molar-refractivity contribution in [3.8, 4) is 22.5 Å². The van der Waals surface area contributed by atoms with E-state index in [1.165, 1.54) is 11.3 Å². The highest BCUT2D eigenvalue weighted by Crippen LogP contribution is 2.40. The van der Waals surface area contributed by atoms with E-state index in [0.717, 1.165) is 60.7 Å². The highest BCUT2D eigenvalue weighted by Gasteiger charge is 2.17. The van der Waals surface area contributed by atoms with E-state index in [-0.39, 0.29) is 0 Å². The van der Waals surface area contributed by atoms with E-state index in [9.17, 15) is 0 Å². The molecule has 0 atom stereocenters. The minimum Gasteiger partial charge on any atom is -0.358 e. The van der Waals surface area contributed by atoms with Crippen molar-refractivity contribution in [2.45, 2.75) is 6.92 Å². The summed E-state index contributed by atoms with van der Waals surface area (Å²) in [6.07, 6.45) is 1.91. The van der Waals surface area contributed by atoms with Gasteiger partial charge in [0, 0.05) is 60.8 Å². The number of benzene rings is 3. The summed E-state index contributed by atoms with van der Waals surface area (Å²) in [5, 5.41) is 5.78. The first-order valence-electron chi connectivity index (χ1n) is 10.6. The van der Waals surface area contributed by atoms with Crippen LogP contribution in [0.3, 0.4) is 0 Å². The van der Waals surface area contributed by atoms with Gasteiger partial charge in [0.15, 0.2) is 0 Å². The molecule has 0 bridgehead atoms. The minimum atomic E-state index is 0.703. The number of rotatable bonds is 4. The van der Waals surface area contributed by atoms with Gasteiger partial charge in [-0.3, -0.25) is 0 Å². The maximum atomic E-state index is 6.29. The van der Waals surface area contributed by atoms with Gasteiger partial charge in [-0.25, -0.2) is 9.98 Å². The van der Waals surface area contributed by atoms with Crippen molar-refractivity contribution in [1.29, 1.82) is 0 Å². The summed E-state index contributed by atoms with van der Waals surface area (Å²) >= 11 is 7.83. The monoisotopic (exact) mass is 466 g/mol. The number of aryl methyl sites for hydroxylation is 1. The van der Waals surface area contributed by atoms with E-state index in [0.29, 0.717) is 5.02 Å². The summed E-state index contributed by atoms with van der Waals surface area (Å²) < 4.78 is 0. The SMILES string of the molecule is Cc1[nH]c2ccccc2c1/C=N/c1nc(-c2c(-c3cccc(Cl)c3)[nH]c3ccccc23)cs1. The number of aliphatic imine (C=N–C) groups is 1. The zero-order valence-corrected chi connectivity index (χ0v) is 19.3. The lowest BCUT2D eigenvalue weighted by atomic mass is 10.0. The average molecular weight is 467 g/mol. The molecule has 0 spiro atoms. The fourth-order valence-electron chi connectivity index (χ4n) is 4.29. The lowest BCUT2D eigenvalue weighted by Gasteiger charge is -2.03. The quantitative estimate of drug-likeness (QED) is 0.253. The molecule has 0 amide bonds. The number of para-hydroxylation sites is 2. The largest absolute Gasteiger partial charge is 0.358 e. The number of fused-ring (bicyclic) bond motifs is 2. The van der Waals surface area contributed by atoms with Crippen LogP contribution in [0.25, 0.3) is 44.3 Å². The van der Waals surface area contributed by atoms with E-state index in [4.69, 9.17) is 21.6 Å². The van der Waals surface area contributed by atoms with Gasteiger partial charge in [-0.05, 0) is 31.2 Å². The molecule has 6 aromatic rings. The average Bonchev–Trinajstić information content (AvgIpc) is 3.52. The summed E-state index contributed by atoms with van der Waals surface area (Å²) in [5.41, 5.74) is 8.36. The van der Waals surface area contributed by atoms with E-state index in [1.54, 1.807) is 0 Å². The molecule has 0 aliphatic carbocycles. The van der Waals surface area contributed by atoms with Crippen LogP contribution in [-0.2, 0) is 0 Å². The van der Waals surface area contributed by atoms with Crippen LogP contribution in [0.4, 0.5) is 5.13 Å². The number of aromatic nitrogens is 3. The number of hydrogen-bond donors (Lipinski definition) is 2. The number of aromatic amines is 2. The lowest BCUT2D eigenvalue weighted by Crippen LogP contribution is -1.84. The van der Waals surface area contributed by atoms with Gasteiger partial charge in [0.2, 0.25) is 5.13 Å².